The molecule has 4 atom stereocenters. The standard InChI is InChI=1S/C20H22N4O5.CH2O2/c1-11-22-19(23-29-11)24-8-14-13(15-4-5-20(14,9-24)28-15)7-21-18(25)12-2-3-16-17(6-12)27-10-26-16;2-1-3/h2-3,6,13-15H,4-5,7-10H2,1H3,(H,21,25);1H,(H,2,3)/t13-,14+,15+,20+;/m0./s1. The first-order valence-electron chi connectivity index (χ1n) is 10.5. The third-order valence-electron chi connectivity index (χ3n) is 6.72. The van der Waals surface area contributed by atoms with Gasteiger partial charge in [-0.25, -0.2) is 0 Å². The smallest absolute Gasteiger partial charge is 0.290 e. The lowest BCUT2D eigenvalue weighted by molar-refractivity contribution is -0.122. The largest absolute Gasteiger partial charge is 0.483 e. The third-order valence-corrected chi connectivity index (χ3v) is 6.72. The predicted octanol–water partition coefficient (Wildman–Crippen LogP) is 1.22. The number of benzene rings is 1. The summed E-state index contributed by atoms with van der Waals surface area (Å²) in [5.41, 5.74) is 0.413. The molecule has 1 aromatic heterocycles. The van der Waals surface area contributed by atoms with Gasteiger partial charge in [0.05, 0.1) is 18.2 Å². The summed E-state index contributed by atoms with van der Waals surface area (Å²) in [6.07, 6.45) is 2.27. The Labute approximate surface area is 183 Å². The minimum atomic E-state index is -0.250. The zero-order valence-electron chi connectivity index (χ0n) is 17.5. The van der Waals surface area contributed by atoms with Crippen LogP contribution in [0.1, 0.15) is 29.1 Å². The summed E-state index contributed by atoms with van der Waals surface area (Å²) in [5, 5.41) is 14.1. The fourth-order valence-corrected chi connectivity index (χ4v) is 5.38. The second-order valence-corrected chi connectivity index (χ2v) is 8.41. The minimum Gasteiger partial charge on any atom is -0.483 e. The molecule has 0 saturated carbocycles. The SMILES string of the molecule is Cc1nc(N2C[C@@H]3[C@H](CNC(=O)c4ccc5c(c4)OCO5)[C@H]4CC[C@]3(C2)O4)no1.O=CO. The summed E-state index contributed by atoms with van der Waals surface area (Å²) in [6.45, 7) is 3.92. The van der Waals surface area contributed by atoms with Crippen molar-refractivity contribution in [3.63, 3.8) is 0 Å². The van der Waals surface area contributed by atoms with Crippen LogP contribution in [0, 0.1) is 18.8 Å². The third kappa shape index (κ3) is 3.42. The highest BCUT2D eigenvalue weighted by atomic mass is 16.7. The molecular formula is C21H24N4O7. The summed E-state index contributed by atoms with van der Waals surface area (Å²) >= 11 is 0. The average Bonchev–Trinajstić information content (AvgIpc) is 3.57. The molecule has 1 amide bonds. The van der Waals surface area contributed by atoms with Gasteiger partial charge in [-0.3, -0.25) is 9.59 Å². The number of nitrogens with one attached hydrogen (secondary N) is 1. The van der Waals surface area contributed by atoms with Crippen LogP contribution in [0.2, 0.25) is 0 Å². The number of aromatic nitrogens is 2. The summed E-state index contributed by atoms with van der Waals surface area (Å²) < 4.78 is 22.3. The molecule has 11 heteroatoms. The number of fused-ring (bicyclic) bond motifs is 2. The van der Waals surface area contributed by atoms with E-state index in [4.69, 9.17) is 28.6 Å². The van der Waals surface area contributed by atoms with Crippen LogP contribution in [0.4, 0.5) is 5.95 Å². The molecule has 3 saturated heterocycles. The Morgan fingerprint density at radius 2 is 2.19 bits per heavy atom. The molecule has 1 aromatic carbocycles. The molecule has 5 heterocycles. The number of amides is 1. The molecule has 2 aromatic rings. The number of hydrogen-bond donors (Lipinski definition) is 2. The number of anilines is 1. The highest BCUT2D eigenvalue weighted by molar-refractivity contribution is 5.94. The van der Waals surface area contributed by atoms with E-state index in [1.165, 1.54) is 0 Å². The zero-order chi connectivity index (χ0) is 22.3. The van der Waals surface area contributed by atoms with Gasteiger partial charge in [-0.15, -0.1) is 0 Å². The molecule has 4 aliphatic rings. The first-order chi connectivity index (χ1) is 15.5. The summed E-state index contributed by atoms with van der Waals surface area (Å²) in [7, 11) is 0. The van der Waals surface area contributed by atoms with Gasteiger partial charge in [0.15, 0.2) is 11.5 Å². The Morgan fingerprint density at radius 3 is 2.97 bits per heavy atom. The van der Waals surface area contributed by atoms with Crippen LogP contribution in [0.25, 0.3) is 0 Å². The molecule has 32 heavy (non-hydrogen) atoms. The van der Waals surface area contributed by atoms with Crippen molar-refractivity contribution in [3.8, 4) is 11.5 Å². The zero-order valence-corrected chi connectivity index (χ0v) is 17.5. The normalized spacial score (nSPS) is 28.8. The average molecular weight is 444 g/mol. The molecule has 2 bridgehead atoms. The number of ether oxygens (including phenoxy) is 3. The van der Waals surface area contributed by atoms with Crippen LogP contribution in [0.3, 0.4) is 0 Å². The van der Waals surface area contributed by atoms with Gasteiger partial charge in [-0.05, 0) is 36.2 Å². The molecule has 3 fully saturated rings. The molecule has 0 radical (unpaired) electrons. The lowest BCUT2D eigenvalue weighted by Crippen LogP contribution is -2.41. The minimum absolute atomic E-state index is 0.108. The number of aryl methyl sites for hydroxylation is 1. The van der Waals surface area contributed by atoms with Crippen molar-refractivity contribution < 1.29 is 33.4 Å². The van der Waals surface area contributed by atoms with Gasteiger partial charge in [0, 0.05) is 37.4 Å². The molecular weight excluding hydrogens is 420 g/mol. The van der Waals surface area contributed by atoms with Crippen LogP contribution in [0.5, 0.6) is 11.5 Å². The lowest BCUT2D eigenvalue weighted by Gasteiger charge is -2.29. The van der Waals surface area contributed by atoms with Crippen molar-refractivity contribution in [3.05, 3.63) is 29.7 Å². The van der Waals surface area contributed by atoms with Crippen LogP contribution in [-0.4, -0.2) is 65.8 Å². The van der Waals surface area contributed by atoms with E-state index in [0.717, 1.165) is 25.9 Å². The molecule has 0 unspecified atom stereocenters. The van der Waals surface area contributed by atoms with E-state index >= 15 is 0 Å². The first-order valence-corrected chi connectivity index (χ1v) is 10.5. The number of nitrogens with zero attached hydrogens (tertiary/aromatic N) is 3. The van der Waals surface area contributed by atoms with E-state index in [1.54, 1.807) is 25.1 Å². The monoisotopic (exact) mass is 444 g/mol. The van der Waals surface area contributed by atoms with Crippen molar-refractivity contribution in [2.45, 2.75) is 31.5 Å². The molecule has 11 nitrogen and oxygen atoms in total. The Morgan fingerprint density at radius 1 is 1.38 bits per heavy atom. The van der Waals surface area contributed by atoms with Gasteiger partial charge in [0.25, 0.3) is 18.3 Å². The van der Waals surface area contributed by atoms with Gasteiger partial charge in [-0.2, -0.15) is 4.98 Å². The summed E-state index contributed by atoms with van der Waals surface area (Å²) in [5.74, 6) is 2.99. The van der Waals surface area contributed by atoms with Crippen molar-refractivity contribution in [2.75, 3.05) is 31.3 Å². The maximum atomic E-state index is 12.7. The maximum Gasteiger partial charge on any atom is 0.290 e. The van der Waals surface area contributed by atoms with E-state index in [1.807, 2.05) is 0 Å². The number of rotatable bonds is 4. The van der Waals surface area contributed by atoms with Crippen LogP contribution < -0.4 is 19.7 Å². The van der Waals surface area contributed by atoms with Crippen molar-refractivity contribution in [1.82, 2.24) is 15.5 Å². The van der Waals surface area contributed by atoms with Crippen LogP contribution in [0.15, 0.2) is 22.7 Å². The lowest BCUT2D eigenvalue weighted by atomic mass is 9.73. The Bertz CT molecular complexity index is 1030. The van der Waals surface area contributed by atoms with Gasteiger partial charge >= 0.3 is 0 Å². The topological polar surface area (TPSA) is 136 Å². The van der Waals surface area contributed by atoms with Crippen LogP contribution in [-0.2, 0) is 9.53 Å². The second-order valence-electron chi connectivity index (χ2n) is 8.41. The first kappa shape index (κ1) is 20.6. The quantitative estimate of drug-likeness (QED) is 0.662. The molecule has 4 aliphatic heterocycles. The predicted molar refractivity (Wildman–Crippen MR) is 109 cm³/mol. The van der Waals surface area contributed by atoms with Crippen molar-refractivity contribution in [1.29, 1.82) is 0 Å². The molecule has 170 valence electrons. The van der Waals surface area contributed by atoms with E-state index in [9.17, 15) is 4.79 Å². The fourth-order valence-electron chi connectivity index (χ4n) is 5.38. The van der Waals surface area contributed by atoms with Crippen LogP contribution >= 0.6 is 0 Å². The van der Waals surface area contributed by atoms with E-state index in [0.29, 0.717) is 41.4 Å². The molecule has 2 N–H and O–H groups in total. The second kappa shape index (κ2) is 7.97. The van der Waals surface area contributed by atoms with E-state index < -0.39 is 0 Å². The number of carbonyl (C=O) groups excluding carboxylic acids is 1. The molecule has 6 rings (SSSR count). The summed E-state index contributed by atoms with van der Waals surface area (Å²) in [4.78, 5) is 27.6. The Hall–Kier alpha value is -3.34. The van der Waals surface area contributed by atoms with Gasteiger partial charge in [0.2, 0.25) is 12.7 Å². The molecule has 0 aliphatic carbocycles. The van der Waals surface area contributed by atoms with Gasteiger partial charge in [-0.1, -0.05) is 0 Å². The molecule has 1 spiro atoms. The highest BCUT2D eigenvalue weighted by Gasteiger charge is 2.63. The maximum absolute atomic E-state index is 12.7. The van der Waals surface area contributed by atoms with Gasteiger partial charge in [0.1, 0.15) is 0 Å². The van der Waals surface area contributed by atoms with Crippen molar-refractivity contribution >= 4 is 18.3 Å². The van der Waals surface area contributed by atoms with Gasteiger partial charge < -0.3 is 34.1 Å². The highest BCUT2D eigenvalue weighted by Crippen LogP contribution is 2.55. The van der Waals surface area contributed by atoms with E-state index in [2.05, 4.69) is 20.4 Å². The van der Waals surface area contributed by atoms with E-state index in [-0.39, 0.29) is 36.8 Å². The number of hydrogen-bond acceptors (Lipinski definition) is 9. The van der Waals surface area contributed by atoms with Crippen molar-refractivity contribution in [2.24, 2.45) is 11.8 Å². The Balaban J connectivity index is 0.000000684. The number of carbonyl (C=O) groups is 2. The Kier molecular flexibility index (Phi) is 5.12. The fraction of sp³-hybridized carbons (Fsp3) is 0.524. The number of carboxylic acid groups (broad SMARTS) is 1. The summed E-state index contributed by atoms with van der Waals surface area (Å²) in [6, 6.07) is 5.26.